The van der Waals surface area contributed by atoms with Gasteiger partial charge in [0.05, 0.1) is 10.4 Å². The summed E-state index contributed by atoms with van der Waals surface area (Å²) < 4.78 is 5.64. The van der Waals surface area contributed by atoms with Crippen LogP contribution in [0, 0.1) is 0 Å². The molecule has 1 N–H and O–H groups in total. The van der Waals surface area contributed by atoms with E-state index in [0.717, 1.165) is 11.3 Å². The molecule has 0 atom stereocenters. The van der Waals surface area contributed by atoms with E-state index in [1.54, 1.807) is 23.5 Å². The number of hydrogen-bond donors (Lipinski definition) is 1. The molecule has 96 valence electrons. The Morgan fingerprint density at radius 3 is 2.89 bits per heavy atom. The molecule has 0 spiro atoms. The van der Waals surface area contributed by atoms with Crippen LogP contribution in [0.15, 0.2) is 34.7 Å². The summed E-state index contributed by atoms with van der Waals surface area (Å²) in [4.78, 5) is 17.6. The minimum Gasteiger partial charge on any atom is -0.478 e. The molecule has 0 radical (unpaired) electrons. The summed E-state index contributed by atoms with van der Waals surface area (Å²) in [6.07, 6.45) is 0.964. The third-order valence-corrected chi connectivity index (χ3v) is 4.09. The minimum absolute atomic E-state index is 0.166. The van der Waals surface area contributed by atoms with Crippen LogP contribution in [0.1, 0.15) is 22.2 Å². The van der Waals surface area contributed by atoms with E-state index in [-0.39, 0.29) is 5.56 Å². The molecule has 3 aromatic rings. The zero-order valence-corrected chi connectivity index (χ0v) is 11.0. The molecular formula is C14H11NO3S. The smallest absolute Gasteiger partial charge is 0.338 e. The maximum absolute atomic E-state index is 11.1. The first-order valence-electron chi connectivity index (χ1n) is 5.91. The van der Waals surface area contributed by atoms with E-state index in [4.69, 9.17) is 9.52 Å². The van der Waals surface area contributed by atoms with Crippen molar-refractivity contribution >= 4 is 28.4 Å². The second kappa shape index (κ2) is 4.51. The Morgan fingerprint density at radius 2 is 2.21 bits per heavy atom. The lowest BCUT2D eigenvalue weighted by Gasteiger charge is -1.92. The summed E-state index contributed by atoms with van der Waals surface area (Å²) in [6.45, 7) is 2.09. The van der Waals surface area contributed by atoms with Crippen molar-refractivity contribution in [1.82, 2.24) is 4.98 Å². The predicted molar refractivity (Wildman–Crippen MR) is 73.7 cm³/mol. The van der Waals surface area contributed by atoms with Gasteiger partial charge in [0.15, 0.2) is 5.58 Å². The number of aromatic nitrogens is 1. The molecule has 2 heterocycles. The molecule has 0 aliphatic carbocycles. The quantitative estimate of drug-likeness (QED) is 0.788. The Bertz CT molecular complexity index is 757. The Kier molecular flexibility index (Phi) is 2.83. The van der Waals surface area contributed by atoms with Gasteiger partial charge >= 0.3 is 5.97 Å². The fourth-order valence-corrected chi connectivity index (χ4v) is 2.78. The SMILES string of the molecule is CCc1ccc(-c2nc3c(C(=O)O)cccc3o2)s1. The maximum Gasteiger partial charge on any atom is 0.338 e. The van der Waals surface area contributed by atoms with Gasteiger partial charge in [-0.15, -0.1) is 11.3 Å². The number of fused-ring (bicyclic) bond motifs is 1. The lowest BCUT2D eigenvalue weighted by Crippen LogP contribution is -1.96. The number of aromatic carboxylic acids is 1. The summed E-state index contributed by atoms with van der Waals surface area (Å²) in [5.41, 5.74) is 1.07. The van der Waals surface area contributed by atoms with Crippen LogP contribution in [0.25, 0.3) is 21.9 Å². The average molecular weight is 273 g/mol. The van der Waals surface area contributed by atoms with E-state index in [1.165, 1.54) is 10.9 Å². The molecule has 3 rings (SSSR count). The third kappa shape index (κ3) is 2.02. The number of hydrogen-bond acceptors (Lipinski definition) is 4. The zero-order valence-electron chi connectivity index (χ0n) is 10.2. The number of benzene rings is 1. The number of para-hydroxylation sites is 1. The fourth-order valence-electron chi connectivity index (χ4n) is 1.91. The van der Waals surface area contributed by atoms with Crippen LogP contribution in [0.4, 0.5) is 0 Å². The van der Waals surface area contributed by atoms with E-state index in [9.17, 15) is 4.79 Å². The van der Waals surface area contributed by atoms with Crippen molar-refractivity contribution in [3.05, 3.63) is 40.8 Å². The van der Waals surface area contributed by atoms with Crippen molar-refractivity contribution in [2.24, 2.45) is 0 Å². The van der Waals surface area contributed by atoms with Gasteiger partial charge in [-0.1, -0.05) is 13.0 Å². The van der Waals surface area contributed by atoms with Crippen molar-refractivity contribution < 1.29 is 14.3 Å². The standard InChI is InChI=1S/C14H11NO3S/c1-2-8-6-7-11(19-8)13-15-12-9(14(16)17)4-3-5-10(12)18-13/h3-7H,2H2,1H3,(H,16,17). The molecule has 19 heavy (non-hydrogen) atoms. The van der Waals surface area contributed by atoms with Crippen molar-refractivity contribution in [3.63, 3.8) is 0 Å². The van der Waals surface area contributed by atoms with Crippen molar-refractivity contribution in [1.29, 1.82) is 0 Å². The molecule has 0 aliphatic heterocycles. The summed E-state index contributed by atoms with van der Waals surface area (Å²) in [6, 6.07) is 8.91. The molecule has 0 bridgehead atoms. The van der Waals surface area contributed by atoms with Gasteiger partial charge in [0, 0.05) is 4.88 Å². The van der Waals surface area contributed by atoms with Crippen molar-refractivity contribution in [2.45, 2.75) is 13.3 Å². The topological polar surface area (TPSA) is 63.3 Å². The molecule has 2 aromatic heterocycles. The van der Waals surface area contributed by atoms with Crippen molar-refractivity contribution in [2.75, 3.05) is 0 Å². The molecule has 0 unspecified atom stereocenters. The van der Waals surface area contributed by atoms with Gasteiger partial charge in [0.25, 0.3) is 0 Å². The fraction of sp³-hybridized carbons (Fsp3) is 0.143. The Balaban J connectivity index is 2.16. The van der Waals surface area contributed by atoms with Gasteiger partial charge in [-0.2, -0.15) is 0 Å². The van der Waals surface area contributed by atoms with Crippen LogP contribution in [0.2, 0.25) is 0 Å². The Hall–Kier alpha value is -2.14. The molecule has 0 saturated heterocycles. The van der Waals surface area contributed by atoms with Gasteiger partial charge in [-0.05, 0) is 30.7 Å². The van der Waals surface area contributed by atoms with Gasteiger partial charge in [-0.25, -0.2) is 9.78 Å². The molecular weight excluding hydrogens is 262 g/mol. The minimum atomic E-state index is -0.995. The van der Waals surface area contributed by atoms with Crippen LogP contribution in [0.5, 0.6) is 0 Å². The largest absolute Gasteiger partial charge is 0.478 e. The van der Waals surface area contributed by atoms with E-state index in [2.05, 4.69) is 11.9 Å². The number of oxazole rings is 1. The first-order valence-corrected chi connectivity index (χ1v) is 6.72. The molecule has 0 saturated carbocycles. The molecule has 4 nitrogen and oxygen atoms in total. The normalized spacial score (nSPS) is 11.0. The summed E-state index contributed by atoms with van der Waals surface area (Å²) in [5.74, 6) is -0.515. The molecule has 1 aromatic carbocycles. The predicted octanol–water partition coefficient (Wildman–Crippen LogP) is 3.82. The van der Waals surface area contributed by atoms with Crippen molar-refractivity contribution in [3.8, 4) is 10.8 Å². The number of aryl methyl sites for hydroxylation is 1. The van der Waals surface area contributed by atoms with Gasteiger partial charge in [0.1, 0.15) is 5.52 Å². The molecule has 0 fully saturated rings. The second-order valence-electron chi connectivity index (χ2n) is 4.10. The monoisotopic (exact) mass is 273 g/mol. The van der Waals surface area contributed by atoms with Crippen LogP contribution in [-0.4, -0.2) is 16.1 Å². The first-order chi connectivity index (χ1) is 9.19. The lowest BCUT2D eigenvalue weighted by atomic mass is 10.2. The van der Waals surface area contributed by atoms with Crippen LogP contribution in [-0.2, 0) is 6.42 Å². The Labute approximate surface area is 113 Å². The number of carboxylic acids is 1. The summed E-state index contributed by atoms with van der Waals surface area (Å²) in [5, 5.41) is 9.13. The highest BCUT2D eigenvalue weighted by Gasteiger charge is 2.16. The average Bonchev–Trinajstić information content (AvgIpc) is 3.03. The van der Waals surface area contributed by atoms with Gasteiger partial charge < -0.3 is 9.52 Å². The van der Waals surface area contributed by atoms with Crippen LogP contribution < -0.4 is 0 Å². The summed E-state index contributed by atoms with van der Waals surface area (Å²) in [7, 11) is 0. The highest BCUT2D eigenvalue weighted by Crippen LogP contribution is 2.31. The second-order valence-corrected chi connectivity index (χ2v) is 5.26. The highest BCUT2D eigenvalue weighted by molar-refractivity contribution is 7.15. The number of nitrogens with zero attached hydrogens (tertiary/aromatic N) is 1. The number of rotatable bonds is 3. The lowest BCUT2D eigenvalue weighted by molar-refractivity contribution is 0.0699. The first kappa shape index (κ1) is 11.9. The van der Waals surface area contributed by atoms with E-state index in [0.29, 0.717) is 17.0 Å². The van der Waals surface area contributed by atoms with Gasteiger partial charge in [-0.3, -0.25) is 0 Å². The van der Waals surface area contributed by atoms with E-state index in [1.807, 2.05) is 12.1 Å². The maximum atomic E-state index is 11.1. The third-order valence-electron chi connectivity index (χ3n) is 2.87. The number of thiophene rings is 1. The number of carboxylic acid groups (broad SMARTS) is 1. The van der Waals surface area contributed by atoms with E-state index < -0.39 is 5.97 Å². The highest BCUT2D eigenvalue weighted by atomic mass is 32.1. The zero-order chi connectivity index (χ0) is 13.4. The molecule has 0 aliphatic rings. The van der Waals surface area contributed by atoms with Crippen LogP contribution >= 0.6 is 11.3 Å². The molecule has 5 heteroatoms. The number of carbonyl (C=O) groups is 1. The molecule has 0 amide bonds. The summed E-state index contributed by atoms with van der Waals surface area (Å²) >= 11 is 1.61. The Morgan fingerprint density at radius 1 is 1.37 bits per heavy atom. The van der Waals surface area contributed by atoms with Gasteiger partial charge in [0.2, 0.25) is 5.89 Å². The van der Waals surface area contributed by atoms with Crippen LogP contribution in [0.3, 0.4) is 0 Å². The van der Waals surface area contributed by atoms with E-state index >= 15 is 0 Å².